The van der Waals surface area contributed by atoms with Crippen molar-refractivity contribution in [3.63, 3.8) is 0 Å². The summed E-state index contributed by atoms with van der Waals surface area (Å²) in [5.41, 5.74) is 4.22. The topological polar surface area (TPSA) is 90.1 Å². The van der Waals surface area contributed by atoms with E-state index in [1.807, 2.05) is 31.2 Å². The molecule has 0 radical (unpaired) electrons. The molecule has 0 atom stereocenters. The van der Waals surface area contributed by atoms with Gasteiger partial charge >= 0.3 is 5.97 Å². The van der Waals surface area contributed by atoms with Crippen LogP contribution in [-0.2, 0) is 16.0 Å². The average Bonchev–Trinajstić information content (AvgIpc) is 3.24. The molecule has 31 heavy (non-hydrogen) atoms. The van der Waals surface area contributed by atoms with E-state index in [9.17, 15) is 9.59 Å². The molecule has 1 amide bonds. The molecule has 0 aliphatic rings. The fraction of sp³-hybridized carbons (Fsp3) is 0.174. The highest BCUT2D eigenvalue weighted by Gasteiger charge is 2.13. The fourth-order valence-corrected chi connectivity index (χ4v) is 2.98. The summed E-state index contributed by atoms with van der Waals surface area (Å²) in [5.74, 6) is 0.927. The molecule has 0 bridgehead atoms. The third-order valence-corrected chi connectivity index (χ3v) is 4.59. The van der Waals surface area contributed by atoms with E-state index in [4.69, 9.17) is 25.5 Å². The monoisotopic (exact) mass is 440 g/mol. The highest BCUT2D eigenvalue weighted by Crippen LogP contribution is 2.27. The van der Waals surface area contributed by atoms with Crippen LogP contribution in [0.2, 0.25) is 5.02 Å². The number of hydrogen-bond donors (Lipinski definition) is 1. The standard InChI is InChI=1S/C23H21ClN2O5/c1-3-30-17-7-4-15(5-8-17)12-22(27)26-25-14-18-9-11-21(31-18)16-6-10-20(24)19(13-16)23(28)29-2/h4-11,13-14H,3,12H2,1-2H3,(H,26,27)/b25-14-. The summed E-state index contributed by atoms with van der Waals surface area (Å²) in [6.45, 7) is 2.50. The normalized spacial score (nSPS) is 10.8. The van der Waals surface area contributed by atoms with Crippen molar-refractivity contribution in [2.75, 3.05) is 13.7 Å². The number of halogens is 1. The van der Waals surface area contributed by atoms with Crippen LogP contribution in [0, 0.1) is 0 Å². The predicted octanol–water partition coefficient (Wildman–Crippen LogP) is 4.48. The van der Waals surface area contributed by atoms with Gasteiger partial charge in [0.1, 0.15) is 17.3 Å². The van der Waals surface area contributed by atoms with Crippen molar-refractivity contribution in [3.05, 3.63) is 76.5 Å². The first kappa shape index (κ1) is 22.1. The molecule has 0 spiro atoms. The van der Waals surface area contributed by atoms with Gasteiger partial charge in [-0.25, -0.2) is 10.2 Å². The fourth-order valence-electron chi connectivity index (χ4n) is 2.79. The number of amides is 1. The van der Waals surface area contributed by atoms with Crippen LogP contribution in [0.4, 0.5) is 0 Å². The number of methoxy groups -OCH3 is 1. The third kappa shape index (κ3) is 5.96. The third-order valence-electron chi connectivity index (χ3n) is 4.26. The maximum atomic E-state index is 12.1. The number of nitrogens with zero attached hydrogens (tertiary/aromatic N) is 1. The molecule has 2 aromatic carbocycles. The molecule has 160 valence electrons. The van der Waals surface area contributed by atoms with Gasteiger partial charge in [0.25, 0.3) is 0 Å². The number of carbonyl (C=O) groups excluding carboxylic acids is 2. The maximum absolute atomic E-state index is 12.1. The quantitative estimate of drug-likeness (QED) is 0.317. The second-order valence-corrected chi connectivity index (χ2v) is 6.84. The molecular formula is C23H21ClN2O5. The van der Waals surface area contributed by atoms with Crippen LogP contribution >= 0.6 is 11.6 Å². The summed E-state index contributed by atoms with van der Waals surface area (Å²) in [7, 11) is 1.29. The molecule has 7 nitrogen and oxygen atoms in total. The Morgan fingerprint density at radius 2 is 1.90 bits per heavy atom. The molecular weight excluding hydrogens is 420 g/mol. The summed E-state index contributed by atoms with van der Waals surface area (Å²) in [6.07, 6.45) is 1.59. The zero-order valence-electron chi connectivity index (χ0n) is 17.1. The van der Waals surface area contributed by atoms with Crippen molar-refractivity contribution in [3.8, 4) is 17.1 Å². The Hall–Kier alpha value is -3.58. The predicted molar refractivity (Wildman–Crippen MR) is 118 cm³/mol. The van der Waals surface area contributed by atoms with E-state index in [1.165, 1.54) is 13.3 Å². The van der Waals surface area contributed by atoms with Crippen LogP contribution in [0.1, 0.15) is 28.6 Å². The lowest BCUT2D eigenvalue weighted by molar-refractivity contribution is -0.120. The molecule has 0 saturated heterocycles. The molecule has 0 fully saturated rings. The average molecular weight is 441 g/mol. The number of ether oxygens (including phenoxy) is 2. The highest BCUT2D eigenvalue weighted by atomic mass is 35.5. The van der Waals surface area contributed by atoms with E-state index in [-0.39, 0.29) is 17.9 Å². The molecule has 3 rings (SSSR count). The Morgan fingerprint density at radius 3 is 2.61 bits per heavy atom. The van der Waals surface area contributed by atoms with Gasteiger partial charge in [-0.2, -0.15) is 5.10 Å². The lowest BCUT2D eigenvalue weighted by Gasteiger charge is -2.04. The number of esters is 1. The molecule has 1 heterocycles. The summed E-state index contributed by atoms with van der Waals surface area (Å²) in [5, 5.41) is 4.22. The molecule has 0 aliphatic carbocycles. The lowest BCUT2D eigenvalue weighted by atomic mass is 10.1. The molecule has 1 aromatic heterocycles. The van der Waals surface area contributed by atoms with Crippen molar-refractivity contribution in [1.82, 2.24) is 5.43 Å². The summed E-state index contributed by atoms with van der Waals surface area (Å²) >= 11 is 6.04. The Kier molecular flexibility index (Phi) is 7.45. The van der Waals surface area contributed by atoms with Gasteiger partial charge in [-0.1, -0.05) is 23.7 Å². The van der Waals surface area contributed by atoms with Gasteiger partial charge in [-0.3, -0.25) is 4.79 Å². The second kappa shape index (κ2) is 10.4. The number of benzene rings is 2. The highest BCUT2D eigenvalue weighted by molar-refractivity contribution is 6.33. The molecule has 0 aliphatic heterocycles. The minimum atomic E-state index is -0.532. The van der Waals surface area contributed by atoms with Crippen molar-refractivity contribution in [2.45, 2.75) is 13.3 Å². The zero-order valence-corrected chi connectivity index (χ0v) is 17.8. The van der Waals surface area contributed by atoms with E-state index in [0.29, 0.717) is 28.7 Å². The van der Waals surface area contributed by atoms with E-state index in [0.717, 1.165) is 11.3 Å². The Balaban J connectivity index is 1.59. The van der Waals surface area contributed by atoms with E-state index in [2.05, 4.69) is 10.5 Å². The van der Waals surface area contributed by atoms with Gasteiger partial charge in [-0.15, -0.1) is 0 Å². The molecule has 8 heteroatoms. The van der Waals surface area contributed by atoms with Crippen molar-refractivity contribution in [2.24, 2.45) is 5.10 Å². The number of hydrogen-bond acceptors (Lipinski definition) is 6. The number of nitrogens with one attached hydrogen (secondary N) is 1. The van der Waals surface area contributed by atoms with Gasteiger partial charge in [0.15, 0.2) is 0 Å². The first-order chi connectivity index (χ1) is 15.0. The van der Waals surface area contributed by atoms with Crippen molar-refractivity contribution in [1.29, 1.82) is 0 Å². The van der Waals surface area contributed by atoms with Gasteiger partial charge < -0.3 is 13.9 Å². The summed E-state index contributed by atoms with van der Waals surface area (Å²) in [6, 6.07) is 15.7. The van der Waals surface area contributed by atoms with Crippen LogP contribution in [0.5, 0.6) is 5.75 Å². The number of hydrazone groups is 1. The second-order valence-electron chi connectivity index (χ2n) is 6.44. The van der Waals surface area contributed by atoms with Crippen LogP contribution in [-0.4, -0.2) is 31.8 Å². The van der Waals surface area contributed by atoms with Crippen molar-refractivity contribution < 1.29 is 23.5 Å². The Morgan fingerprint density at radius 1 is 1.13 bits per heavy atom. The largest absolute Gasteiger partial charge is 0.494 e. The van der Waals surface area contributed by atoms with E-state index >= 15 is 0 Å². The number of rotatable bonds is 8. The molecule has 1 N–H and O–H groups in total. The minimum absolute atomic E-state index is 0.189. The van der Waals surface area contributed by atoms with Gasteiger partial charge in [-0.05, 0) is 55.0 Å². The van der Waals surface area contributed by atoms with Gasteiger partial charge in [0.2, 0.25) is 5.91 Å². The summed E-state index contributed by atoms with van der Waals surface area (Å²) < 4.78 is 15.8. The molecule has 0 saturated carbocycles. The maximum Gasteiger partial charge on any atom is 0.339 e. The molecule has 3 aromatic rings. The minimum Gasteiger partial charge on any atom is -0.494 e. The van der Waals surface area contributed by atoms with Crippen LogP contribution < -0.4 is 10.2 Å². The Labute approximate surface area is 184 Å². The van der Waals surface area contributed by atoms with Gasteiger partial charge in [0, 0.05) is 5.56 Å². The van der Waals surface area contributed by atoms with Gasteiger partial charge in [0.05, 0.1) is 36.9 Å². The number of furan rings is 1. The first-order valence-corrected chi connectivity index (χ1v) is 9.89. The number of carbonyl (C=O) groups is 2. The first-order valence-electron chi connectivity index (χ1n) is 9.52. The SMILES string of the molecule is CCOc1ccc(CC(=O)N/N=C\c2ccc(-c3ccc(Cl)c(C(=O)OC)c3)o2)cc1. The lowest BCUT2D eigenvalue weighted by Crippen LogP contribution is -2.19. The van der Waals surface area contributed by atoms with E-state index < -0.39 is 5.97 Å². The smallest absolute Gasteiger partial charge is 0.339 e. The Bertz CT molecular complexity index is 1090. The molecule has 0 unspecified atom stereocenters. The van der Waals surface area contributed by atoms with Crippen LogP contribution in [0.15, 0.2) is 64.1 Å². The summed E-state index contributed by atoms with van der Waals surface area (Å²) in [4.78, 5) is 23.9. The van der Waals surface area contributed by atoms with Crippen LogP contribution in [0.3, 0.4) is 0 Å². The van der Waals surface area contributed by atoms with Crippen molar-refractivity contribution >= 4 is 29.7 Å². The zero-order chi connectivity index (χ0) is 22.2. The van der Waals surface area contributed by atoms with Crippen LogP contribution in [0.25, 0.3) is 11.3 Å². The van der Waals surface area contributed by atoms with E-state index in [1.54, 1.807) is 30.3 Å².